The van der Waals surface area contributed by atoms with Crippen molar-refractivity contribution in [1.29, 1.82) is 0 Å². The van der Waals surface area contributed by atoms with Crippen LogP contribution in [-0.4, -0.2) is 35.0 Å². The Morgan fingerprint density at radius 3 is 2.64 bits per heavy atom. The monoisotopic (exact) mass is 299 g/mol. The molecule has 1 amide bonds. The Kier molecular flexibility index (Phi) is 3.03. The van der Waals surface area contributed by atoms with Crippen molar-refractivity contribution < 1.29 is 14.7 Å². The van der Waals surface area contributed by atoms with Crippen LogP contribution < -0.4 is 0 Å². The molecular weight excluding hydrogens is 278 g/mol. The first-order valence-corrected chi connectivity index (χ1v) is 8.20. The lowest BCUT2D eigenvalue weighted by Gasteiger charge is -2.61. The lowest BCUT2D eigenvalue weighted by Crippen LogP contribution is -2.62. The molecule has 4 fully saturated rings. The van der Waals surface area contributed by atoms with E-state index in [-0.39, 0.29) is 11.3 Å². The smallest absolute Gasteiger partial charge is 0.335 e. The third kappa shape index (κ3) is 2.04. The van der Waals surface area contributed by atoms with E-state index in [1.54, 1.807) is 18.2 Å². The van der Waals surface area contributed by atoms with Crippen molar-refractivity contribution in [1.82, 2.24) is 4.90 Å². The van der Waals surface area contributed by atoms with Gasteiger partial charge in [-0.3, -0.25) is 4.79 Å². The van der Waals surface area contributed by atoms with Crippen molar-refractivity contribution in [2.24, 2.45) is 11.3 Å². The molecule has 3 saturated carbocycles. The van der Waals surface area contributed by atoms with Crippen LogP contribution in [0.3, 0.4) is 0 Å². The zero-order valence-corrected chi connectivity index (χ0v) is 12.6. The molecular formula is C18H21NO3. The third-order valence-electron chi connectivity index (χ3n) is 5.81. The normalized spacial score (nSPS) is 32.8. The van der Waals surface area contributed by atoms with E-state index in [9.17, 15) is 9.59 Å². The van der Waals surface area contributed by atoms with Crippen LogP contribution in [0.2, 0.25) is 0 Å². The molecule has 116 valence electrons. The average Bonchev–Trinajstić information content (AvgIpc) is 2.44. The minimum Gasteiger partial charge on any atom is -0.478 e. The summed E-state index contributed by atoms with van der Waals surface area (Å²) in [6.07, 6.45) is 5.33. The maximum Gasteiger partial charge on any atom is 0.335 e. The number of carboxylic acid groups (broad SMARTS) is 1. The molecule has 2 bridgehead atoms. The fourth-order valence-corrected chi connectivity index (χ4v) is 4.44. The maximum absolute atomic E-state index is 12.7. The van der Waals surface area contributed by atoms with Gasteiger partial charge in [0.2, 0.25) is 5.91 Å². The van der Waals surface area contributed by atoms with Crippen molar-refractivity contribution in [3.05, 3.63) is 35.4 Å². The number of likely N-dealkylation sites (tertiary alicyclic amines) is 1. The summed E-state index contributed by atoms with van der Waals surface area (Å²) in [5, 5.41) is 9.13. The highest BCUT2D eigenvalue weighted by atomic mass is 16.4. The minimum absolute atomic E-state index is 0.00449. The van der Waals surface area contributed by atoms with Gasteiger partial charge in [0.25, 0.3) is 0 Å². The van der Waals surface area contributed by atoms with Gasteiger partial charge in [-0.15, -0.1) is 0 Å². The summed E-state index contributed by atoms with van der Waals surface area (Å²) < 4.78 is 0. The second kappa shape index (κ2) is 4.83. The van der Waals surface area contributed by atoms with Crippen LogP contribution >= 0.6 is 0 Å². The molecule has 4 nitrogen and oxygen atoms in total. The Labute approximate surface area is 130 Å². The van der Waals surface area contributed by atoms with Crippen molar-refractivity contribution in [3.63, 3.8) is 0 Å². The zero-order chi connectivity index (χ0) is 15.3. The number of carbonyl (C=O) groups excluding carboxylic acids is 1. The summed E-state index contributed by atoms with van der Waals surface area (Å²) in [5.74, 6) is 0.551. The van der Waals surface area contributed by atoms with Gasteiger partial charge in [-0.25, -0.2) is 4.79 Å². The van der Waals surface area contributed by atoms with E-state index < -0.39 is 5.97 Å². The van der Waals surface area contributed by atoms with Crippen LogP contribution in [0.1, 0.15) is 53.9 Å². The van der Waals surface area contributed by atoms with Gasteiger partial charge in [-0.1, -0.05) is 12.1 Å². The van der Waals surface area contributed by atoms with Crippen molar-refractivity contribution in [3.8, 4) is 0 Å². The number of piperidine rings is 1. The van der Waals surface area contributed by atoms with Gasteiger partial charge < -0.3 is 10.0 Å². The number of rotatable bonds is 3. The van der Waals surface area contributed by atoms with Crippen LogP contribution in [-0.2, 0) is 4.79 Å². The second-order valence-corrected chi connectivity index (χ2v) is 7.28. The van der Waals surface area contributed by atoms with Crippen LogP contribution in [0.15, 0.2) is 24.3 Å². The van der Waals surface area contributed by atoms with Crippen molar-refractivity contribution in [2.45, 2.75) is 38.0 Å². The molecule has 1 unspecified atom stereocenters. The Balaban J connectivity index is 1.49. The molecule has 3 aliphatic carbocycles. The van der Waals surface area contributed by atoms with Crippen molar-refractivity contribution >= 4 is 11.9 Å². The molecule has 0 radical (unpaired) electrons. The van der Waals surface area contributed by atoms with Gasteiger partial charge in [0, 0.05) is 19.0 Å². The summed E-state index contributed by atoms with van der Waals surface area (Å²) in [7, 11) is 0. The number of amides is 1. The molecule has 1 saturated heterocycles. The summed E-state index contributed by atoms with van der Waals surface area (Å²) >= 11 is 0. The number of carbonyl (C=O) groups is 2. The lowest BCUT2D eigenvalue weighted by atomic mass is 9.44. The van der Waals surface area contributed by atoms with Crippen molar-refractivity contribution in [2.75, 3.05) is 13.1 Å². The van der Waals surface area contributed by atoms with Crippen LogP contribution in [0, 0.1) is 11.3 Å². The quantitative estimate of drug-likeness (QED) is 0.933. The summed E-state index contributed by atoms with van der Waals surface area (Å²) in [6.45, 7) is 1.61. The summed E-state index contributed by atoms with van der Waals surface area (Å²) in [5.41, 5.74) is 1.38. The minimum atomic E-state index is -0.889. The third-order valence-corrected chi connectivity index (χ3v) is 5.81. The predicted octanol–water partition coefficient (Wildman–Crippen LogP) is 2.89. The molecule has 0 spiro atoms. The summed E-state index contributed by atoms with van der Waals surface area (Å²) in [4.78, 5) is 25.9. The fourth-order valence-electron chi connectivity index (χ4n) is 4.44. The Bertz CT molecular complexity index is 622. The van der Waals surface area contributed by atoms with E-state index in [2.05, 4.69) is 0 Å². The molecule has 1 aromatic carbocycles. The standard InChI is InChI=1S/C18H21NO3/c20-16(21)14-4-1-3-13(7-14)15-5-2-6-19(11-15)17(22)18-8-12(9-18)10-18/h1,3-4,7,12,15H,2,5-6,8-11H2,(H,20,21). The highest BCUT2D eigenvalue weighted by molar-refractivity contribution is 5.88. The SMILES string of the molecule is O=C(O)c1cccc(C2CCCN(C(=O)C34CC(C3)C4)C2)c1. The Morgan fingerprint density at radius 2 is 2.00 bits per heavy atom. The Hall–Kier alpha value is -1.84. The second-order valence-electron chi connectivity index (χ2n) is 7.28. The lowest BCUT2D eigenvalue weighted by molar-refractivity contribution is -0.178. The molecule has 4 heteroatoms. The number of hydrogen-bond acceptors (Lipinski definition) is 2. The first kappa shape index (κ1) is 13.8. The fraction of sp³-hybridized carbons (Fsp3) is 0.556. The van der Waals surface area contributed by atoms with Crippen LogP contribution in [0.25, 0.3) is 0 Å². The van der Waals surface area contributed by atoms with Crippen LogP contribution in [0.4, 0.5) is 0 Å². The van der Waals surface area contributed by atoms with E-state index >= 15 is 0 Å². The predicted molar refractivity (Wildman–Crippen MR) is 81.7 cm³/mol. The van der Waals surface area contributed by atoms with E-state index in [0.717, 1.165) is 56.7 Å². The molecule has 1 aliphatic heterocycles. The van der Waals surface area contributed by atoms with E-state index in [1.165, 1.54) is 0 Å². The van der Waals surface area contributed by atoms with Gasteiger partial charge in [0.15, 0.2) is 0 Å². The number of aromatic carboxylic acids is 1. The molecule has 5 rings (SSSR count). The highest BCUT2D eigenvalue weighted by Crippen LogP contribution is 2.65. The first-order valence-electron chi connectivity index (χ1n) is 8.20. The Morgan fingerprint density at radius 1 is 1.23 bits per heavy atom. The number of hydrogen-bond donors (Lipinski definition) is 1. The van der Waals surface area contributed by atoms with Gasteiger partial charge in [0.1, 0.15) is 0 Å². The molecule has 1 atom stereocenters. The molecule has 1 aromatic rings. The molecule has 4 aliphatic rings. The number of nitrogens with zero attached hydrogens (tertiary/aromatic N) is 1. The topological polar surface area (TPSA) is 57.6 Å². The molecule has 22 heavy (non-hydrogen) atoms. The molecule has 1 N–H and O–H groups in total. The van der Waals surface area contributed by atoms with Gasteiger partial charge >= 0.3 is 5.97 Å². The number of carboxylic acids is 1. The van der Waals surface area contributed by atoms with Gasteiger partial charge in [0.05, 0.1) is 11.0 Å². The van der Waals surface area contributed by atoms with Gasteiger partial charge in [-0.05, 0) is 55.7 Å². The maximum atomic E-state index is 12.7. The van der Waals surface area contributed by atoms with E-state index in [1.807, 2.05) is 11.0 Å². The summed E-state index contributed by atoms with van der Waals surface area (Å²) in [6, 6.07) is 7.19. The van der Waals surface area contributed by atoms with Gasteiger partial charge in [-0.2, -0.15) is 0 Å². The van der Waals surface area contributed by atoms with Crippen LogP contribution in [0.5, 0.6) is 0 Å². The molecule has 1 heterocycles. The largest absolute Gasteiger partial charge is 0.478 e. The first-order chi connectivity index (χ1) is 10.6. The number of benzene rings is 1. The van der Waals surface area contributed by atoms with E-state index in [4.69, 9.17) is 5.11 Å². The molecule has 0 aromatic heterocycles. The zero-order valence-electron chi connectivity index (χ0n) is 12.6. The van der Waals surface area contributed by atoms with E-state index in [0.29, 0.717) is 11.5 Å². The average molecular weight is 299 g/mol. The highest BCUT2D eigenvalue weighted by Gasteiger charge is 2.62.